The number of carbonyl (C=O) groups excluding carboxylic acids is 1. The van der Waals surface area contributed by atoms with Crippen molar-refractivity contribution in [1.82, 2.24) is 5.32 Å². The van der Waals surface area contributed by atoms with E-state index in [1.807, 2.05) is 50.2 Å². The highest BCUT2D eigenvalue weighted by Gasteiger charge is 2.32. The molecule has 1 amide bonds. The number of rotatable bonds is 9. The predicted molar refractivity (Wildman–Crippen MR) is 169 cm³/mol. The molecule has 0 bridgehead atoms. The van der Waals surface area contributed by atoms with Crippen LogP contribution in [0.5, 0.6) is 0 Å². The number of nitrogens with two attached hydrogens (primary N) is 1. The van der Waals surface area contributed by atoms with Gasteiger partial charge in [0.05, 0.1) is 23.0 Å². The van der Waals surface area contributed by atoms with Gasteiger partial charge in [0.2, 0.25) is 5.91 Å². The number of aliphatic carboxylic acids is 1. The first kappa shape index (κ1) is 40.4. The minimum absolute atomic E-state index is 0.130. The molecular weight excluding hydrogens is 660 g/mol. The minimum Gasteiger partial charge on any atom is -0.481 e. The molecule has 0 saturated heterocycles. The van der Waals surface area contributed by atoms with Gasteiger partial charge in [-0.1, -0.05) is 74.5 Å². The van der Waals surface area contributed by atoms with Gasteiger partial charge >= 0.3 is 18.3 Å². The second-order valence-corrected chi connectivity index (χ2v) is 10.6. The summed E-state index contributed by atoms with van der Waals surface area (Å²) in [6.45, 7) is 3.18. The zero-order chi connectivity index (χ0) is 36.8. The fourth-order valence-corrected chi connectivity index (χ4v) is 4.60. The molecule has 5 nitrogen and oxygen atoms in total. The zero-order valence-electron chi connectivity index (χ0n) is 26.6. The number of carboxylic acids is 1. The van der Waals surface area contributed by atoms with Gasteiger partial charge in [-0.3, -0.25) is 9.59 Å². The van der Waals surface area contributed by atoms with E-state index < -0.39 is 47.0 Å². The average molecular weight is 697 g/mol. The monoisotopic (exact) mass is 696 g/mol. The number of benzene rings is 4. The summed E-state index contributed by atoms with van der Waals surface area (Å²) in [7, 11) is 0. The van der Waals surface area contributed by atoms with Crippen LogP contribution in [-0.2, 0) is 35.0 Å². The van der Waals surface area contributed by atoms with E-state index in [0.717, 1.165) is 35.4 Å². The fraction of sp³-hybridized carbons (Fsp3) is 0.278. The number of alkyl halides is 6. The largest absolute Gasteiger partial charge is 0.481 e. The Kier molecular flexibility index (Phi) is 15.4. The average Bonchev–Trinajstić information content (AvgIpc) is 3.05. The number of carbonyl (C=O) groups is 2. The SMILES string of the molecule is CC[C@H](C(=O)NCc1cc(C(F)(F)F)ccc1F)c1ccccc1.CC[C@H](C(=O)O)c1ccccc1.NCc1cc(C(F)(F)F)ccc1F. The van der Waals surface area contributed by atoms with Crippen molar-refractivity contribution in [2.45, 2.75) is 64.0 Å². The van der Waals surface area contributed by atoms with E-state index in [-0.39, 0.29) is 36.0 Å². The van der Waals surface area contributed by atoms with Gasteiger partial charge in [0.1, 0.15) is 11.6 Å². The van der Waals surface area contributed by atoms with Crippen molar-refractivity contribution in [2.75, 3.05) is 0 Å². The fourth-order valence-electron chi connectivity index (χ4n) is 4.60. The molecule has 0 aromatic heterocycles. The molecule has 0 spiro atoms. The first-order valence-corrected chi connectivity index (χ1v) is 15.0. The number of hydrogen-bond acceptors (Lipinski definition) is 3. The molecule has 4 rings (SSSR count). The van der Waals surface area contributed by atoms with E-state index in [1.165, 1.54) is 0 Å². The number of amides is 1. The third kappa shape index (κ3) is 12.6. The van der Waals surface area contributed by atoms with Crippen LogP contribution in [0, 0.1) is 11.6 Å². The Bertz CT molecular complexity index is 1630. The molecule has 2 atom stereocenters. The standard InChI is InChI=1S/C18H17F4NO.C10H12O2.C8H7F4N/c1-2-15(12-6-4-3-5-7-12)17(24)23-11-13-10-14(18(20,21)22)8-9-16(13)19;1-2-9(10(11)12)8-6-4-3-5-7-8;9-7-2-1-6(8(10,11)12)3-5(7)4-13/h3-10,15H,2,11H2,1H3,(H,23,24);3-7,9H,2H2,1H3,(H,11,12);1-3H,4,13H2/t15-;9-;/m00./s1. The molecule has 13 heteroatoms. The second-order valence-electron chi connectivity index (χ2n) is 10.6. The van der Waals surface area contributed by atoms with E-state index in [9.17, 15) is 44.7 Å². The van der Waals surface area contributed by atoms with Crippen LogP contribution < -0.4 is 11.1 Å². The number of nitrogens with one attached hydrogen (secondary N) is 1. The van der Waals surface area contributed by atoms with Crippen LogP contribution in [0.25, 0.3) is 0 Å². The molecule has 0 aliphatic carbocycles. The zero-order valence-corrected chi connectivity index (χ0v) is 26.6. The summed E-state index contributed by atoms with van der Waals surface area (Å²) in [6, 6.07) is 22.7. The van der Waals surface area contributed by atoms with Crippen LogP contribution in [-0.4, -0.2) is 17.0 Å². The van der Waals surface area contributed by atoms with Crippen molar-refractivity contribution in [2.24, 2.45) is 5.73 Å². The van der Waals surface area contributed by atoms with Crippen LogP contribution in [0.2, 0.25) is 0 Å². The van der Waals surface area contributed by atoms with Crippen LogP contribution in [0.4, 0.5) is 35.1 Å². The van der Waals surface area contributed by atoms with Crippen LogP contribution >= 0.6 is 0 Å². The number of hydrogen-bond donors (Lipinski definition) is 3. The maximum Gasteiger partial charge on any atom is 0.416 e. The lowest BCUT2D eigenvalue weighted by Gasteiger charge is -2.16. The Morgan fingerprint density at radius 2 is 1.08 bits per heavy atom. The van der Waals surface area contributed by atoms with Crippen molar-refractivity contribution in [3.63, 3.8) is 0 Å². The molecular formula is C36H36F8N2O3. The van der Waals surface area contributed by atoms with Gasteiger partial charge in [0, 0.05) is 24.2 Å². The smallest absolute Gasteiger partial charge is 0.416 e. The van der Waals surface area contributed by atoms with Crippen LogP contribution in [0.15, 0.2) is 97.1 Å². The quantitative estimate of drug-likeness (QED) is 0.152. The molecule has 0 heterocycles. The highest BCUT2D eigenvalue weighted by molar-refractivity contribution is 5.83. The summed E-state index contributed by atoms with van der Waals surface area (Å²) in [6.07, 6.45) is -7.83. The number of carboxylic acid groups (broad SMARTS) is 1. The summed E-state index contributed by atoms with van der Waals surface area (Å²) in [5.74, 6) is -3.37. The van der Waals surface area contributed by atoms with Gasteiger partial charge in [-0.2, -0.15) is 26.3 Å². The van der Waals surface area contributed by atoms with E-state index >= 15 is 0 Å². The summed E-state index contributed by atoms with van der Waals surface area (Å²) in [5, 5.41) is 11.3. The first-order valence-electron chi connectivity index (χ1n) is 15.0. The van der Waals surface area contributed by atoms with Crippen molar-refractivity contribution in [3.05, 3.63) is 142 Å². The van der Waals surface area contributed by atoms with Crippen LogP contribution in [0.1, 0.15) is 71.9 Å². The summed E-state index contributed by atoms with van der Waals surface area (Å²) < 4.78 is 101. The molecule has 264 valence electrons. The van der Waals surface area contributed by atoms with E-state index in [4.69, 9.17) is 10.8 Å². The Labute approximate surface area is 278 Å². The second kappa shape index (κ2) is 18.7. The van der Waals surface area contributed by atoms with Gasteiger partial charge in [0.25, 0.3) is 0 Å². The van der Waals surface area contributed by atoms with Crippen molar-refractivity contribution in [3.8, 4) is 0 Å². The number of halogens is 8. The third-order valence-corrected chi connectivity index (χ3v) is 7.25. The highest BCUT2D eigenvalue weighted by Crippen LogP contribution is 2.31. The summed E-state index contributed by atoms with van der Waals surface area (Å²) in [5.41, 5.74) is 4.60. The van der Waals surface area contributed by atoms with E-state index in [2.05, 4.69) is 5.32 Å². The molecule has 49 heavy (non-hydrogen) atoms. The first-order chi connectivity index (χ1) is 23.0. The lowest BCUT2D eigenvalue weighted by Crippen LogP contribution is -2.29. The van der Waals surface area contributed by atoms with Crippen molar-refractivity contribution >= 4 is 11.9 Å². The molecule has 0 saturated carbocycles. The van der Waals surface area contributed by atoms with Gasteiger partial charge < -0.3 is 16.2 Å². The van der Waals surface area contributed by atoms with Gasteiger partial charge in [0.15, 0.2) is 0 Å². The molecule has 0 fully saturated rings. The summed E-state index contributed by atoms with van der Waals surface area (Å²) in [4.78, 5) is 23.0. The molecule has 0 unspecified atom stereocenters. The maximum atomic E-state index is 13.7. The van der Waals surface area contributed by atoms with Crippen molar-refractivity contribution < 1.29 is 49.8 Å². The minimum atomic E-state index is -4.55. The molecule has 4 aromatic rings. The molecule has 0 aliphatic rings. The van der Waals surface area contributed by atoms with Gasteiger partial charge in [-0.15, -0.1) is 0 Å². The molecule has 0 aliphatic heterocycles. The van der Waals surface area contributed by atoms with E-state index in [1.54, 1.807) is 24.3 Å². The van der Waals surface area contributed by atoms with Crippen LogP contribution in [0.3, 0.4) is 0 Å². The Morgan fingerprint density at radius 3 is 1.47 bits per heavy atom. The Hall–Kier alpha value is -4.78. The Balaban J connectivity index is 0.000000281. The third-order valence-electron chi connectivity index (χ3n) is 7.25. The Morgan fingerprint density at radius 1 is 0.673 bits per heavy atom. The molecule has 0 radical (unpaired) electrons. The van der Waals surface area contributed by atoms with Gasteiger partial charge in [-0.25, -0.2) is 8.78 Å². The van der Waals surface area contributed by atoms with Crippen molar-refractivity contribution in [1.29, 1.82) is 0 Å². The van der Waals surface area contributed by atoms with Gasteiger partial charge in [-0.05, 0) is 60.4 Å². The molecule has 4 N–H and O–H groups in total. The molecule has 4 aromatic carbocycles. The maximum absolute atomic E-state index is 13.7. The lowest BCUT2D eigenvalue weighted by molar-refractivity contribution is -0.139. The lowest BCUT2D eigenvalue weighted by atomic mass is 9.95. The normalized spacial score (nSPS) is 12.4. The highest BCUT2D eigenvalue weighted by atomic mass is 19.4. The summed E-state index contributed by atoms with van der Waals surface area (Å²) >= 11 is 0. The van der Waals surface area contributed by atoms with E-state index in [0.29, 0.717) is 25.0 Å². The predicted octanol–water partition coefficient (Wildman–Crippen LogP) is 9.22. The topological polar surface area (TPSA) is 92.4 Å².